The number of pyridine rings is 1. The molecule has 0 saturated carbocycles. The van der Waals surface area contributed by atoms with Crippen LogP contribution in [0.4, 0.5) is 10.5 Å². The van der Waals surface area contributed by atoms with Crippen molar-refractivity contribution in [2.45, 2.75) is 18.9 Å². The summed E-state index contributed by atoms with van der Waals surface area (Å²) in [6.07, 6.45) is 3.70. The minimum atomic E-state index is -0.397. The molecule has 0 bridgehead atoms. The van der Waals surface area contributed by atoms with Crippen LogP contribution < -0.4 is 16.2 Å². The maximum absolute atomic E-state index is 11.8. The van der Waals surface area contributed by atoms with Gasteiger partial charge in [-0.15, -0.1) is 0 Å². The van der Waals surface area contributed by atoms with E-state index in [1.165, 1.54) is 4.57 Å². The van der Waals surface area contributed by atoms with Gasteiger partial charge >= 0.3 is 6.03 Å². The molecule has 0 spiro atoms. The van der Waals surface area contributed by atoms with Gasteiger partial charge in [-0.05, 0) is 34.8 Å². The smallest absolute Gasteiger partial charge is 0.319 e. The summed E-state index contributed by atoms with van der Waals surface area (Å²) >= 11 is 3.28. The van der Waals surface area contributed by atoms with Crippen LogP contribution >= 0.6 is 15.9 Å². The molecule has 0 unspecified atom stereocenters. The summed E-state index contributed by atoms with van der Waals surface area (Å²) in [5.41, 5.74) is -0.0165. The van der Waals surface area contributed by atoms with Gasteiger partial charge in [0.15, 0.2) is 0 Å². The zero-order chi connectivity index (χ0) is 13.8. The highest BCUT2D eigenvalue weighted by molar-refractivity contribution is 9.10. The van der Waals surface area contributed by atoms with Crippen LogP contribution in [0.25, 0.3) is 0 Å². The molecule has 7 heteroatoms. The average molecular weight is 330 g/mol. The molecular weight excluding hydrogens is 314 g/mol. The molecule has 1 fully saturated rings. The Kier molecular flexibility index (Phi) is 4.60. The zero-order valence-corrected chi connectivity index (χ0v) is 12.2. The van der Waals surface area contributed by atoms with Crippen molar-refractivity contribution in [1.29, 1.82) is 0 Å². The number of nitrogens with zero attached hydrogens (tertiary/aromatic N) is 1. The van der Waals surface area contributed by atoms with Crippen molar-refractivity contribution in [2.24, 2.45) is 7.05 Å². The van der Waals surface area contributed by atoms with Crippen molar-refractivity contribution in [3.8, 4) is 0 Å². The van der Waals surface area contributed by atoms with Crippen LogP contribution in [0.5, 0.6) is 0 Å². The molecule has 2 rings (SSSR count). The van der Waals surface area contributed by atoms with Crippen LogP contribution in [0.2, 0.25) is 0 Å². The number of nitrogens with one attached hydrogen (secondary N) is 2. The Hall–Kier alpha value is -1.34. The first-order chi connectivity index (χ1) is 9.06. The van der Waals surface area contributed by atoms with Crippen molar-refractivity contribution < 1.29 is 9.53 Å². The quantitative estimate of drug-likeness (QED) is 0.881. The van der Waals surface area contributed by atoms with Gasteiger partial charge in [-0.25, -0.2) is 4.79 Å². The van der Waals surface area contributed by atoms with E-state index in [0.29, 0.717) is 6.54 Å². The number of rotatable bonds is 3. The van der Waals surface area contributed by atoms with Crippen LogP contribution in [0.15, 0.2) is 21.5 Å². The molecule has 19 heavy (non-hydrogen) atoms. The predicted octanol–water partition coefficient (Wildman–Crippen LogP) is 1.45. The first-order valence-corrected chi connectivity index (χ1v) is 6.88. The molecule has 2 heterocycles. The Balaban J connectivity index is 1.93. The van der Waals surface area contributed by atoms with Gasteiger partial charge in [0.2, 0.25) is 0 Å². The highest BCUT2D eigenvalue weighted by Gasteiger charge is 2.16. The molecule has 1 aromatic heterocycles. The molecule has 0 aliphatic carbocycles. The van der Waals surface area contributed by atoms with E-state index in [9.17, 15) is 9.59 Å². The van der Waals surface area contributed by atoms with Crippen molar-refractivity contribution in [1.82, 2.24) is 9.88 Å². The molecule has 6 nitrogen and oxygen atoms in total. The molecule has 1 aliphatic heterocycles. The van der Waals surface area contributed by atoms with Crippen molar-refractivity contribution in [2.75, 3.05) is 18.5 Å². The summed E-state index contributed by atoms with van der Waals surface area (Å²) in [6.45, 7) is 1.21. The molecule has 2 N–H and O–H groups in total. The zero-order valence-electron chi connectivity index (χ0n) is 10.6. The SMILES string of the molecule is Cn1cc(Br)cc(NC(=O)NC[C@H]2CCCO2)c1=O. The van der Waals surface area contributed by atoms with E-state index >= 15 is 0 Å². The normalized spacial score (nSPS) is 18.3. The van der Waals surface area contributed by atoms with Crippen LogP contribution in [0.1, 0.15) is 12.8 Å². The molecule has 0 aromatic carbocycles. The lowest BCUT2D eigenvalue weighted by molar-refractivity contribution is 0.112. The van der Waals surface area contributed by atoms with Crippen LogP contribution in [-0.2, 0) is 11.8 Å². The van der Waals surface area contributed by atoms with Gasteiger partial charge in [0.05, 0.1) is 6.10 Å². The molecule has 1 atom stereocenters. The average Bonchev–Trinajstić information content (AvgIpc) is 2.86. The topological polar surface area (TPSA) is 72.4 Å². The van der Waals surface area contributed by atoms with Crippen LogP contribution in [-0.4, -0.2) is 29.9 Å². The fraction of sp³-hybridized carbons (Fsp3) is 0.500. The summed E-state index contributed by atoms with van der Waals surface area (Å²) < 4.78 is 7.53. The maximum Gasteiger partial charge on any atom is 0.319 e. The number of aryl methyl sites for hydroxylation is 1. The lowest BCUT2D eigenvalue weighted by Crippen LogP contribution is -2.36. The number of carbonyl (C=O) groups excluding carboxylic acids is 1. The second kappa shape index (κ2) is 6.21. The van der Waals surface area contributed by atoms with Gasteiger partial charge in [-0.3, -0.25) is 4.79 Å². The summed E-state index contributed by atoms with van der Waals surface area (Å²) in [4.78, 5) is 23.5. The first kappa shape index (κ1) is 14.1. The number of amides is 2. The predicted molar refractivity (Wildman–Crippen MR) is 75.4 cm³/mol. The van der Waals surface area contributed by atoms with Gasteiger partial charge in [-0.2, -0.15) is 0 Å². The Bertz CT molecular complexity index is 523. The molecule has 1 aliphatic rings. The Morgan fingerprint density at radius 2 is 2.42 bits per heavy atom. The number of aromatic nitrogens is 1. The van der Waals surface area contributed by atoms with Gasteiger partial charge < -0.3 is 19.9 Å². The maximum atomic E-state index is 11.8. The number of hydrogen-bond donors (Lipinski definition) is 2. The van der Waals surface area contributed by atoms with E-state index in [-0.39, 0.29) is 17.4 Å². The highest BCUT2D eigenvalue weighted by atomic mass is 79.9. The molecule has 0 radical (unpaired) electrons. The summed E-state index contributed by atoms with van der Waals surface area (Å²) in [5, 5.41) is 5.25. The lowest BCUT2D eigenvalue weighted by atomic mass is 10.2. The van der Waals surface area contributed by atoms with E-state index < -0.39 is 6.03 Å². The second-order valence-electron chi connectivity index (χ2n) is 4.46. The number of ether oxygens (including phenoxy) is 1. The third-order valence-electron chi connectivity index (χ3n) is 2.91. The Morgan fingerprint density at radius 1 is 1.63 bits per heavy atom. The first-order valence-electron chi connectivity index (χ1n) is 6.09. The number of hydrogen-bond acceptors (Lipinski definition) is 3. The minimum absolute atomic E-state index is 0.0797. The van der Waals surface area contributed by atoms with Gasteiger partial charge in [0.25, 0.3) is 5.56 Å². The van der Waals surface area contributed by atoms with E-state index in [4.69, 9.17) is 4.74 Å². The Morgan fingerprint density at radius 3 is 3.11 bits per heavy atom. The van der Waals surface area contributed by atoms with Gasteiger partial charge in [-0.1, -0.05) is 0 Å². The number of halogens is 1. The fourth-order valence-electron chi connectivity index (χ4n) is 1.94. The van der Waals surface area contributed by atoms with Gasteiger partial charge in [0.1, 0.15) is 5.69 Å². The van der Waals surface area contributed by atoms with Crippen molar-refractivity contribution >= 4 is 27.6 Å². The van der Waals surface area contributed by atoms with Crippen LogP contribution in [0, 0.1) is 0 Å². The third kappa shape index (κ3) is 3.81. The second-order valence-corrected chi connectivity index (χ2v) is 5.37. The molecule has 2 amide bonds. The Labute approximate surface area is 119 Å². The van der Waals surface area contributed by atoms with E-state index in [1.54, 1.807) is 19.3 Å². The monoisotopic (exact) mass is 329 g/mol. The standard InChI is InChI=1S/C12H16BrN3O3/c1-16-7-8(13)5-10(11(16)17)15-12(18)14-6-9-3-2-4-19-9/h5,7,9H,2-4,6H2,1H3,(H2,14,15,18)/t9-/m1/s1. The fourth-order valence-corrected chi connectivity index (χ4v) is 2.47. The molecular formula is C12H16BrN3O3. The number of carbonyl (C=O) groups is 1. The molecule has 104 valence electrons. The van der Waals surface area contributed by atoms with Crippen molar-refractivity contribution in [3.63, 3.8) is 0 Å². The lowest BCUT2D eigenvalue weighted by Gasteiger charge is -2.12. The minimum Gasteiger partial charge on any atom is -0.376 e. The molecule has 1 aromatic rings. The third-order valence-corrected chi connectivity index (χ3v) is 3.35. The van der Waals surface area contributed by atoms with Gasteiger partial charge in [0, 0.05) is 30.9 Å². The van der Waals surface area contributed by atoms with E-state index in [0.717, 1.165) is 23.9 Å². The molecule has 1 saturated heterocycles. The summed E-state index contributed by atoms with van der Waals surface area (Å²) in [6, 6.07) is 1.18. The van der Waals surface area contributed by atoms with Crippen molar-refractivity contribution in [3.05, 3.63) is 27.1 Å². The summed E-state index contributed by atoms with van der Waals surface area (Å²) in [7, 11) is 1.63. The highest BCUT2D eigenvalue weighted by Crippen LogP contribution is 2.12. The van der Waals surface area contributed by atoms with Crippen LogP contribution in [0.3, 0.4) is 0 Å². The van der Waals surface area contributed by atoms with E-state index in [2.05, 4.69) is 26.6 Å². The number of anilines is 1. The van der Waals surface area contributed by atoms with E-state index in [1.807, 2.05) is 0 Å². The number of urea groups is 1. The largest absolute Gasteiger partial charge is 0.376 e. The summed E-state index contributed by atoms with van der Waals surface area (Å²) in [5.74, 6) is 0.